The third kappa shape index (κ3) is 4.33. The van der Waals surface area contributed by atoms with Crippen molar-refractivity contribution >= 4 is 33.9 Å². The number of thioether (sulfide) groups is 1. The highest BCUT2D eigenvalue weighted by molar-refractivity contribution is 8.93. The van der Waals surface area contributed by atoms with Gasteiger partial charge in [0.25, 0.3) is 0 Å². The Kier molecular flexibility index (Phi) is 5.82. The minimum Gasteiger partial charge on any atom is -0.379 e. The Morgan fingerprint density at radius 1 is 1.46 bits per heavy atom. The molecule has 0 radical (unpaired) electrons. The summed E-state index contributed by atoms with van der Waals surface area (Å²) < 4.78 is 0. The molecular formula is C9H13BrN2S. The first-order chi connectivity index (χ1) is 5.70. The Hall–Kier alpha value is -0.480. The van der Waals surface area contributed by atoms with Gasteiger partial charge in [-0.3, -0.25) is 5.41 Å². The fourth-order valence-corrected chi connectivity index (χ4v) is 1.56. The molecule has 0 spiro atoms. The highest BCUT2D eigenvalue weighted by Crippen LogP contribution is 2.14. The van der Waals surface area contributed by atoms with E-state index in [0.717, 1.165) is 5.75 Å². The summed E-state index contributed by atoms with van der Waals surface area (Å²) in [6.45, 7) is 2.07. The van der Waals surface area contributed by atoms with Crippen molar-refractivity contribution < 1.29 is 0 Å². The van der Waals surface area contributed by atoms with E-state index in [1.807, 2.05) is 12.1 Å². The fraction of sp³-hybridized carbons (Fsp3) is 0.222. The second kappa shape index (κ2) is 6.05. The van der Waals surface area contributed by atoms with Gasteiger partial charge >= 0.3 is 0 Å². The largest absolute Gasteiger partial charge is 0.379 e. The zero-order valence-corrected chi connectivity index (χ0v) is 9.94. The van der Waals surface area contributed by atoms with E-state index in [1.54, 1.807) is 0 Å². The Balaban J connectivity index is 0.00000144. The number of aryl methyl sites for hydroxylation is 1. The molecule has 0 aromatic heterocycles. The molecule has 1 aromatic rings. The van der Waals surface area contributed by atoms with Crippen molar-refractivity contribution in [1.29, 1.82) is 5.41 Å². The molecule has 0 aliphatic rings. The average Bonchev–Trinajstić information content (AvgIpc) is 2.03. The van der Waals surface area contributed by atoms with Gasteiger partial charge in [0, 0.05) is 5.75 Å². The van der Waals surface area contributed by atoms with E-state index in [-0.39, 0.29) is 22.1 Å². The molecule has 0 saturated carbocycles. The Bertz CT molecular complexity index is 289. The van der Waals surface area contributed by atoms with E-state index < -0.39 is 0 Å². The van der Waals surface area contributed by atoms with E-state index >= 15 is 0 Å². The fourth-order valence-electron chi connectivity index (χ4n) is 0.928. The lowest BCUT2D eigenvalue weighted by molar-refractivity contribution is 1.31. The van der Waals surface area contributed by atoms with Gasteiger partial charge in [-0.15, -0.1) is 17.0 Å². The molecule has 1 aromatic carbocycles. The van der Waals surface area contributed by atoms with Gasteiger partial charge in [-0.25, -0.2) is 0 Å². The number of benzene rings is 1. The van der Waals surface area contributed by atoms with Crippen molar-refractivity contribution in [2.24, 2.45) is 5.73 Å². The summed E-state index contributed by atoms with van der Waals surface area (Å²) in [7, 11) is 0. The number of nitrogens with two attached hydrogens (primary N) is 1. The normalized spacial score (nSPS) is 9.00. The molecule has 13 heavy (non-hydrogen) atoms. The Labute approximate surface area is 93.2 Å². The van der Waals surface area contributed by atoms with Crippen LogP contribution in [0.1, 0.15) is 11.1 Å². The molecule has 0 bridgehead atoms. The van der Waals surface area contributed by atoms with Gasteiger partial charge in [0.2, 0.25) is 0 Å². The summed E-state index contributed by atoms with van der Waals surface area (Å²) in [5, 5.41) is 7.23. The number of nitrogens with one attached hydrogen (secondary N) is 1. The molecule has 0 unspecified atom stereocenters. The molecule has 1 rings (SSSR count). The van der Waals surface area contributed by atoms with Gasteiger partial charge in [0.1, 0.15) is 0 Å². The second-order valence-corrected chi connectivity index (χ2v) is 3.60. The lowest BCUT2D eigenvalue weighted by Gasteiger charge is -2.02. The maximum absolute atomic E-state index is 7.05. The van der Waals surface area contributed by atoms with Crippen LogP contribution in [0.5, 0.6) is 0 Å². The molecule has 72 valence electrons. The zero-order chi connectivity index (χ0) is 8.97. The molecule has 0 heterocycles. The molecular weight excluding hydrogens is 248 g/mol. The smallest absolute Gasteiger partial charge is 0.151 e. The standard InChI is InChI=1S/C9H12N2S.BrH/c1-7-4-2-3-5-8(7)6-12-9(10)11;/h2-5H,6H2,1H3,(H3,10,11);1H. The average molecular weight is 261 g/mol. The van der Waals surface area contributed by atoms with Gasteiger partial charge in [0.05, 0.1) is 0 Å². The first kappa shape index (κ1) is 12.5. The summed E-state index contributed by atoms with van der Waals surface area (Å²) in [4.78, 5) is 0. The van der Waals surface area contributed by atoms with Crippen LogP contribution in [-0.4, -0.2) is 5.17 Å². The maximum atomic E-state index is 7.05. The quantitative estimate of drug-likeness (QED) is 0.635. The van der Waals surface area contributed by atoms with Crippen molar-refractivity contribution in [3.8, 4) is 0 Å². The van der Waals surface area contributed by atoms with Crippen LogP contribution in [-0.2, 0) is 5.75 Å². The van der Waals surface area contributed by atoms with Gasteiger partial charge in [0.15, 0.2) is 5.17 Å². The lowest BCUT2D eigenvalue weighted by Crippen LogP contribution is -2.04. The predicted octanol–water partition coefficient (Wildman–Crippen LogP) is 2.70. The van der Waals surface area contributed by atoms with Crippen molar-refractivity contribution in [3.05, 3.63) is 35.4 Å². The molecule has 0 amide bonds. The molecule has 0 fully saturated rings. The molecule has 0 aliphatic carbocycles. The van der Waals surface area contributed by atoms with Crippen LogP contribution in [0, 0.1) is 12.3 Å². The van der Waals surface area contributed by atoms with Crippen molar-refractivity contribution in [1.82, 2.24) is 0 Å². The second-order valence-electron chi connectivity index (χ2n) is 2.58. The Morgan fingerprint density at radius 2 is 2.08 bits per heavy atom. The van der Waals surface area contributed by atoms with Gasteiger partial charge < -0.3 is 5.73 Å². The molecule has 2 nitrogen and oxygen atoms in total. The van der Waals surface area contributed by atoms with Crippen LogP contribution >= 0.6 is 28.7 Å². The third-order valence-electron chi connectivity index (χ3n) is 1.64. The van der Waals surface area contributed by atoms with E-state index in [2.05, 4.69) is 19.1 Å². The van der Waals surface area contributed by atoms with Crippen LogP contribution in [0.2, 0.25) is 0 Å². The number of rotatable bonds is 2. The molecule has 0 aliphatic heterocycles. The summed E-state index contributed by atoms with van der Waals surface area (Å²) in [5.41, 5.74) is 7.74. The van der Waals surface area contributed by atoms with E-state index in [9.17, 15) is 0 Å². The zero-order valence-electron chi connectivity index (χ0n) is 7.41. The predicted molar refractivity (Wildman–Crippen MR) is 64.7 cm³/mol. The molecule has 0 atom stereocenters. The highest BCUT2D eigenvalue weighted by atomic mass is 79.9. The van der Waals surface area contributed by atoms with Crippen LogP contribution in [0.15, 0.2) is 24.3 Å². The van der Waals surface area contributed by atoms with E-state index in [1.165, 1.54) is 22.9 Å². The topological polar surface area (TPSA) is 49.9 Å². The van der Waals surface area contributed by atoms with Crippen LogP contribution in [0.4, 0.5) is 0 Å². The summed E-state index contributed by atoms with van der Waals surface area (Å²) >= 11 is 1.36. The molecule has 0 saturated heterocycles. The number of hydrogen-bond acceptors (Lipinski definition) is 2. The minimum absolute atomic E-state index is 0. The van der Waals surface area contributed by atoms with Crippen LogP contribution in [0.25, 0.3) is 0 Å². The summed E-state index contributed by atoms with van der Waals surface area (Å²) in [6, 6.07) is 8.14. The van der Waals surface area contributed by atoms with Gasteiger partial charge in [-0.2, -0.15) is 0 Å². The monoisotopic (exact) mass is 260 g/mol. The molecule has 3 N–H and O–H groups in total. The third-order valence-corrected chi connectivity index (χ3v) is 2.41. The summed E-state index contributed by atoms with van der Waals surface area (Å²) in [5.74, 6) is 0.794. The van der Waals surface area contributed by atoms with Crippen LogP contribution < -0.4 is 5.73 Å². The van der Waals surface area contributed by atoms with Gasteiger partial charge in [-0.05, 0) is 18.1 Å². The minimum atomic E-state index is 0. The first-order valence-corrected chi connectivity index (χ1v) is 4.70. The highest BCUT2D eigenvalue weighted by Gasteiger charge is 1.97. The first-order valence-electron chi connectivity index (χ1n) is 3.71. The Morgan fingerprint density at radius 3 is 2.62 bits per heavy atom. The van der Waals surface area contributed by atoms with E-state index in [4.69, 9.17) is 11.1 Å². The van der Waals surface area contributed by atoms with Crippen molar-refractivity contribution in [3.63, 3.8) is 0 Å². The summed E-state index contributed by atoms with van der Waals surface area (Å²) in [6.07, 6.45) is 0. The van der Waals surface area contributed by atoms with Crippen molar-refractivity contribution in [2.75, 3.05) is 0 Å². The number of hydrogen-bond donors (Lipinski definition) is 2. The number of amidine groups is 1. The van der Waals surface area contributed by atoms with Gasteiger partial charge in [-0.1, -0.05) is 36.0 Å². The van der Waals surface area contributed by atoms with E-state index in [0.29, 0.717) is 0 Å². The van der Waals surface area contributed by atoms with Crippen LogP contribution in [0.3, 0.4) is 0 Å². The number of halogens is 1. The van der Waals surface area contributed by atoms with Crippen molar-refractivity contribution in [2.45, 2.75) is 12.7 Å². The molecule has 4 heteroatoms. The maximum Gasteiger partial charge on any atom is 0.151 e. The lowest BCUT2D eigenvalue weighted by atomic mass is 10.1. The SMILES string of the molecule is Br.Cc1ccccc1CSC(=N)N.